The van der Waals surface area contributed by atoms with Gasteiger partial charge in [0, 0.05) is 96.5 Å². The number of aromatic nitrogens is 1. The predicted molar refractivity (Wildman–Crippen MR) is 286 cm³/mol. The van der Waals surface area contributed by atoms with Gasteiger partial charge in [-0.05, 0) is 87.7 Å². The van der Waals surface area contributed by atoms with Crippen molar-refractivity contribution in [3.63, 3.8) is 0 Å². The van der Waals surface area contributed by atoms with Gasteiger partial charge in [-0.2, -0.15) is 0 Å². The molecule has 1 aliphatic heterocycles. The summed E-state index contributed by atoms with van der Waals surface area (Å²) in [5, 5.41) is 12.5. The second-order valence-electron chi connectivity index (χ2n) is 18.8. The molecule has 9 aromatic carbocycles. The second-order valence-corrected chi connectivity index (χ2v) is 20.9. The summed E-state index contributed by atoms with van der Waals surface area (Å²) in [4.78, 5) is 1.28. The third kappa shape index (κ3) is 5.68. The molecule has 1 N–H and O–H groups in total. The van der Waals surface area contributed by atoms with Crippen molar-refractivity contribution in [2.24, 2.45) is 0 Å². The zero-order valence-electron chi connectivity index (χ0n) is 36.6. The van der Waals surface area contributed by atoms with Crippen LogP contribution >= 0.6 is 22.7 Å². The number of hydrogen-bond donors (Lipinski definition) is 1. The topological polar surface area (TPSA) is 30.1 Å². The van der Waals surface area contributed by atoms with Crippen LogP contribution in [0, 0.1) is 0 Å². The van der Waals surface area contributed by atoms with Crippen LogP contribution in [-0.2, 0) is 5.41 Å². The van der Waals surface area contributed by atoms with Crippen molar-refractivity contribution in [3.05, 3.63) is 188 Å². The Morgan fingerprint density at radius 2 is 1.24 bits per heavy atom. The van der Waals surface area contributed by atoms with Gasteiger partial charge in [-0.25, -0.2) is 0 Å². The van der Waals surface area contributed by atoms with Crippen molar-refractivity contribution in [2.45, 2.75) is 26.2 Å². The van der Waals surface area contributed by atoms with Crippen LogP contribution in [0.3, 0.4) is 0 Å². The lowest BCUT2D eigenvalue weighted by molar-refractivity contribution is 0.590. The van der Waals surface area contributed by atoms with Crippen LogP contribution in [-0.4, -0.2) is 11.8 Å². The minimum Gasteiger partial charge on any atom is -0.456 e. The molecule has 66 heavy (non-hydrogen) atoms. The Morgan fingerprint density at radius 3 is 2.05 bits per heavy atom. The van der Waals surface area contributed by atoms with Gasteiger partial charge >= 0.3 is 0 Å². The molecule has 0 unspecified atom stereocenters. The van der Waals surface area contributed by atoms with E-state index in [0.29, 0.717) is 0 Å². The van der Waals surface area contributed by atoms with Crippen LogP contribution in [0.1, 0.15) is 26.3 Å². The van der Waals surface area contributed by atoms with Gasteiger partial charge in [0.25, 0.3) is 0 Å². The molecule has 0 aliphatic carbocycles. The molecule has 0 saturated heterocycles. The number of nitrogens with zero attached hydrogens (tertiary/aromatic N) is 1. The fourth-order valence-corrected chi connectivity index (χ4v) is 13.0. The first-order valence-electron chi connectivity index (χ1n) is 22.6. The molecule has 5 heterocycles. The van der Waals surface area contributed by atoms with Gasteiger partial charge in [0.2, 0.25) is 0 Å². The molecule has 0 amide bonds. The van der Waals surface area contributed by atoms with Gasteiger partial charge in [0.1, 0.15) is 11.2 Å². The van der Waals surface area contributed by atoms with Crippen LogP contribution in [0.25, 0.3) is 112 Å². The number of benzene rings is 9. The van der Waals surface area contributed by atoms with E-state index in [2.05, 4.69) is 220 Å². The van der Waals surface area contributed by atoms with E-state index >= 15 is 0 Å². The zero-order chi connectivity index (χ0) is 43.8. The molecule has 0 fully saturated rings. The molecule has 3 nitrogen and oxygen atoms in total. The molecule has 6 heteroatoms. The lowest BCUT2D eigenvalue weighted by Crippen LogP contribution is -2.37. The zero-order valence-corrected chi connectivity index (χ0v) is 38.2. The lowest BCUT2D eigenvalue weighted by Gasteiger charge is -2.24. The summed E-state index contributed by atoms with van der Waals surface area (Å²) >= 11 is 3.75. The highest BCUT2D eigenvalue weighted by Gasteiger charge is 2.30. The maximum Gasteiger partial charge on any atom is 0.197 e. The molecular weight excluding hydrogens is 840 g/mol. The molecule has 311 valence electrons. The SMILES string of the molecule is CC(C)(C)c1ccc(Nc2cc3sc4ccccc4c3cc2-c2ccc3c4cc5c(cc4n4c3c2[B]c2cc3sc(-c6ccccc6)c(-c6ccccc6)c3cc2-4)oc2ccccc25)cc1. The molecule has 13 aromatic rings. The highest BCUT2D eigenvalue weighted by atomic mass is 32.1. The molecule has 0 atom stereocenters. The highest BCUT2D eigenvalue weighted by molar-refractivity contribution is 7.26. The maximum atomic E-state index is 6.62. The predicted octanol–water partition coefficient (Wildman–Crippen LogP) is 16.3. The molecule has 4 aromatic heterocycles. The van der Waals surface area contributed by atoms with Crippen molar-refractivity contribution in [3.8, 4) is 38.4 Å². The van der Waals surface area contributed by atoms with Crippen molar-refractivity contribution in [2.75, 3.05) is 5.32 Å². The van der Waals surface area contributed by atoms with Crippen molar-refractivity contribution < 1.29 is 4.42 Å². The van der Waals surface area contributed by atoms with Gasteiger partial charge in [0.15, 0.2) is 7.28 Å². The number of hydrogen-bond acceptors (Lipinski definition) is 4. The Hall–Kier alpha value is -7.38. The third-order valence-corrected chi connectivity index (χ3v) is 16.1. The van der Waals surface area contributed by atoms with E-state index in [1.807, 2.05) is 22.7 Å². The average molecular weight is 880 g/mol. The Morgan fingerprint density at radius 1 is 0.515 bits per heavy atom. The number of anilines is 2. The third-order valence-electron chi connectivity index (χ3n) is 13.8. The standard InChI is InChI=1S/C60H40BN2OS2/c1-60(2,3)36-22-24-37(25-23-36)62-48-32-55-45(39-19-11-13-21-53(39)65-55)28-42(48)40-26-27-41-43-29-44-38-18-10-12-20-51(38)64-52(44)33-49(43)63-50-30-46-54(31-47(50)61-57(40)58(41)63)66-59(35-16-8-5-9-17-35)56(46)34-14-6-4-7-15-34/h4-33,62H,1-3H3. The minimum atomic E-state index is 0.0684. The smallest absolute Gasteiger partial charge is 0.197 e. The van der Waals surface area contributed by atoms with Gasteiger partial charge in [0.05, 0.1) is 5.52 Å². The number of rotatable bonds is 5. The molecule has 0 spiro atoms. The number of furan rings is 1. The molecule has 0 saturated carbocycles. The van der Waals surface area contributed by atoms with E-state index < -0.39 is 0 Å². The Kier molecular flexibility index (Phi) is 8.09. The van der Waals surface area contributed by atoms with Crippen LogP contribution in [0.4, 0.5) is 11.4 Å². The summed E-state index contributed by atoms with van der Waals surface area (Å²) in [6, 6.07) is 67.1. The maximum absolute atomic E-state index is 6.62. The molecule has 0 bridgehead atoms. The summed E-state index contributed by atoms with van der Waals surface area (Å²) in [7, 11) is 2.47. The lowest BCUT2D eigenvalue weighted by atomic mass is 9.59. The summed E-state index contributed by atoms with van der Waals surface area (Å²) in [6.45, 7) is 6.81. The van der Waals surface area contributed by atoms with E-state index in [4.69, 9.17) is 4.42 Å². The average Bonchev–Trinajstić information content (AvgIpc) is 4.10. The summed E-state index contributed by atoms with van der Waals surface area (Å²) in [5.41, 5.74) is 17.4. The number of para-hydroxylation sites is 1. The number of thiophene rings is 2. The van der Waals surface area contributed by atoms with Gasteiger partial charge in [-0.3, -0.25) is 0 Å². The van der Waals surface area contributed by atoms with Crippen molar-refractivity contribution >= 4 is 126 Å². The van der Waals surface area contributed by atoms with Gasteiger partial charge < -0.3 is 14.3 Å². The highest BCUT2D eigenvalue weighted by Crippen LogP contribution is 2.48. The first-order valence-corrected chi connectivity index (χ1v) is 24.3. The summed E-state index contributed by atoms with van der Waals surface area (Å²) < 4.78 is 13.0. The molecular formula is C60H40BN2OS2. The largest absolute Gasteiger partial charge is 0.456 e. The van der Waals surface area contributed by atoms with Gasteiger partial charge in [-0.1, -0.05) is 148 Å². The molecule has 1 aliphatic rings. The molecule has 1 radical (unpaired) electrons. The van der Waals surface area contributed by atoms with Crippen LogP contribution in [0.15, 0.2) is 186 Å². The Balaban J connectivity index is 1.07. The number of fused-ring (bicyclic) bond motifs is 12. The fraction of sp³-hybridized carbons (Fsp3) is 0.0667. The number of nitrogens with one attached hydrogen (secondary N) is 1. The quantitative estimate of drug-likeness (QED) is 0.175. The fourth-order valence-electron chi connectivity index (χ4n) is 10.6. The van der Waals surface area contributed by atoms with Crippen LogP contribution in [0.5, 0.6) is 0 Å². The summed E-state index contributed by atoms with van der Waals surface area (Å²) in [5.74, 6) is 0. The van der Waals surface area contributed by atoms with Gasteiger partial charge in [-0.15, -0.1) is 22.7 Å². The summed E-state index contributed by atoms with van der Waals surface area (Å²) in [6.07, 6.45) is 0. The second kappa shape index (κ2) is 14.1. The van der Waals surface area contributed by atoms with E-state index in [1.54, 1.807) is 0 Å². The van der Waals surface area contributed by atoms with Crippen LogP contribution < -0.4 is 16.2 Å². The van der Waals surface area contributed by atoms with Crippen molar-refractivity contribution in [1.29, 1.82) is 0 Å². The van der Waals surface area contributed by atoms with E-state index in [0.717, 1.165) is 38.8 Å². The Labute approximate surface area is 390 Å². The van der Waals surface area contributed by atoms with Crippen LogP contribution in [0.2, 0.25) is 0 Å². The first-order chi connectivity index (χ1) is 32.3. The first kappa shape index (κ1) is 37.9. The van der Waals surface area contributed by atoms with E-state index in [1.165, 1.54) is 101 Å². The van der Waals surface area contributed by atoms with Crippen molar-refractivity contribution in [1.82, 2.24) is 4.57 Å². The van der Waals surface area contributed by atoms with E-state index in [9.17, 15) is 0 Å². The van der Waals surface area contributed by atoms with E-state index in [-0.39, 0.29) is 5.41 Å². The monoisotopic (exact) mass is 879 g/mol. The molecule has 14 rings (SSSR count). The minimum absolute atomic E-state index is 0.0684. The Bertz CT molecular complexity index is 4130. The normalized spacial score (nSPS) is 12.6.